The number of hydrogen-bond donors (Lipinski definition) is 2. The van der Waals surface area contributed by atoms with Crippen LogP contribution in [0.5, 0.6) is 0 Å². The number of halogens is 1. The summed E-state index contributed by atoms with van der Waals surface area (Å²) in [5, 5.41) is 15.1. The van der Waals surface area contributed by atoms with Gasteiger partial charge < -0.3 is 9.73 Å². The Balaban J connectivity index is 1.39. The first-order chi connectivity index (χ1) is 16.0. The highest BCUT2D eigenvalue weighted by Crippen LogP contribution is 2.27. The van der Waals surface area contributed by atoms with E-state index in [1.54, 1.807) is 6.21 Å². The molecule has 3 heterocycles. The van der Waals surface area contributed by atoms with Gasteiger partial charge in [-0.15, -0.1) is 0 Å². The predicted octanol–water partition coefficient (Wildman–Crippen LogP) is 5.84. The van der Waals surface area contributed by atoms with Crippen molar-refractivity contribution in [1.29, 1.82) is 0 Å². The van der Waals surface area contributed by atoms with Crippen LogP contribution in [0.4, 0.5) is 17.3 Å². The Kier molecular flexibility index (Phi) is 5.57. The van der Waals surface area contributed by atoms with Gasteiger partial charge in [-0.05, 0) is 65.6 Å². The fourth-order valence-electron chi connectivity index (χ4n) is 3.15. The first-order valence-electron chi connectivity index (χ1n) is 10.0. The van der Waals surface area contributed by atoms with Crippen molar-refractivity contribution < 1.29 is 9.05 Å². The van der Waals surface area contributed by atoms with Gasteiger partial charge >= 0.3 is 0 Å². The minimum atomic E-state index is 0.273. The van der Waals surface area contributed by atoms with Gasteiger partial charge in [0.25, 0.3) is 0 Å². The molecule has 0 aliphatic rings. The molecule has 2 aromatic carbocycles. The van der Waals surface area contributed by atoms with Crippen LogP contribution in [0.3, 0.4) is 0 Å². The first kappa shape index (κ1) is 20.8. The van der Waals surface area contributed by atoms with E-state index in [0.717, 1.165) is 32.6 Å². The number of benzene rings is 2. The van der Waals surface area contributed by atoms with Crippen LogP contribution in [0.25, 0.3) is 22.6 Å². The Morgan fingerprint density at radius 2 is 1.67 bits per heavy atom. The molecular weight excluding hydrogens is 486 g/mol. The molecule has 164 valence electrons. The van der Waals surface area contributed by atoms with Gasteiger partial charge in [-0.25, -0.2) is 9.61 Å². The van der Waals surface area contributed by atoms with E-state index in [2.05, 4.69) is 52.1 Å². The van der Waals surface area contributed by atoms with Crippen LogP contribution in [0, 0.1) is 13.8 Å². The summed E-state index contributed by atoms with van der Waals surface area (Å²) in [4.78, 5) is 8.90. The number of fused-ring (bicyclic) bond motifs is 1. The summed E-state index contributed by atoms with van der Waals surface area (Å²) < 4.78 is 11.6. The summed E-state index contributed by atoms with van der Waals surface area (Å²) >= 11 is 3.44. The smallest absolute Gasteiger partial charge is 0.245 e. The fourth-order valence-corrected chi connectivity index (χ4v) is 3.41. The quantitative estimate of drug-likeness (QED) is 0.219. The molecule has 9 nitrogen and oxygen atoms in total. The Hall–Kier alpha value is -4.05. The summed E-state index contributed by atoms with van der Waals surface area (Å²) in [6.07, 6.45) is 1.57. The molecule has 5 rings (SSSR count). The maximum absolute atomic E-state index is 5.87. The summed E-state index contributed by atoms with van der Waals surface area (Å²) in [6.45, 7) is 4.03. The average Bonchev–Trinajstić information content (AvgIpc) is 3.46. The van der Waals surface area contributed by atoms with Crippen LogP contribution >= 0.6 is 15.9 Å². The van der Waals surface area contributed by atoms with E-state index in [4.69, 9.17) is 9.05 Å². The zero-order valence-electron chi connectivity index (χ0n) is 17.7. The molecule has 0 bridgehead atoms. The van der Waals surface area contributed by atoms with Crippen molar-refractivity contribution in [1.82, 2.24) is 20.3 Å². The molecule has 0 saturated heterocycles. The third-order valence-corrected chi connectivity index (χ3v) is 5.41. The van der Waals surface area contributed by atoms with Crippen molar-refractivity contribution in [3.8, 4) is 11.3 Å². The molecular formula is C23H18BrN7O2. The maximum atomic E-state index is 5.87. The number of anilines is 3. The lowest BCUT2D eigenvalue weighted by atomic mass is 10.1. The summed E-state index contributed by atoms with van der Waals surface area (Å²) in [7, 11) is 0. The Labute approximate surface area is 197 Å². The van der Waals surface area contributed by atoms with E-state index in [1.165, 1.54) is 0 Å². The van der Waals surface area contributed by atoms with Crippen molar-refractivity contribution in [3.63, 3.8) is 0 Å². The molecule has 0 saturated carbocycles. The molecule has 0 aliphatic carbocycles. The van der Waals surface area contributed by atoms with Crippen LogP contribution in [-0.4, -0.2) is 26.5 Å². The maximum Gasteiger partial charge on any atom is 0.245 e. The van der Waals surface area contributed by atoms with Gasteiger partial charge in [-0.2, -0.15) is 10.1 Å². The highest BCUT2D eigenvalue weighted by atomic mass is 79.9. The van der Waals surface area contributed by atoms with Crippen LogP contribution in [0.2, 0.25) is 0 Å². The number of aryl methyl sites for hydroxylation is 2. The van der Waals surface area contributed by atoms with Crippen molar-refractivity contribution in [2.45, 2.75) is 13.8 Å². The summed E-state index contributed by atoms with van der Waals surface area (Å²) in [6, 6.07) is 17.7. The lowest BCUT2D eigenvalue weighted by Gasteiger charge is -2.12. The van der Waals surface area contributed by atoms with Crippen LogP contribution in [0.1, 0.15) is 16.9 Å². The van der Waals surface area contributed by atoms with E-state index < -0.39 is 0 Å². The zero-order chi connectivity index (χ0) is 22.8. The summed E-state index contributed by atoms with van der Waals surface area (Å²) in [5.74, 6) is 2.15. The van der Waals surface area contributed by atoms with E-state index in [-0.39, 0.29) is 5.65 Å². The second-order valence-corrected chi connectivity index (χ2v) is 8.27. The molecule has 0 atom stereocenters. The van der Waals surface area contributed by atoms with Gasteiger partial charge in [0, 0.05) is 15.7 Å². The normalized spacial score (nSPS) is 11.4. The van der Waals surface area contributed by atoms with E-state index >= 15 is 0 Å². The highest BCUT2D eigenvalue weighted by Gasteiger charge is 2.14. The Bertz CT molecular complexity index is 1460. The Morgan fingerprint density at radius 1 is 0.909 bits per heavy atom. The second-order valence-electron chi connectivity index (χ2n) is 7.35. The molecule has 33 heavy (non-hydrogen) atoms. The van der Waals surface area contributed by atoms with Gasteiger partial charge in [-0.1, -0.05) is 40.2 Å². The van der Waals surface area contributed by atoms with E-state index in [1.807, 2.05) is 68.4 Å². The van der Waals surface area contributed by atoms with Crippen LogP contribution in [0.15, 0.2) is 73.2 Å². The van der Waals surface area contributed by atoms with Crippen LogP contribution in [-0.2, 0) is 0 Å². The van der Waals surface area contributed by atoms with Crippen molar-refractivity contribution in [2.24, 2.45) is 5.10 Å². The number of aromatic nitrogens is 4. The van der Waals surface area contributed by atoms with Crippen LogP contribution < -0.4 is 10.7 Å². The number of nitrogens with one attached hydrogen (secondary N) is 2. The highest BCUT2D eigenvalue weighted by molar-refractivity contribution is 9.10. The standard InChI is InChI=1S/C23H18BrN7O2/c1-13-3-4-14(2)18(11-13)26-20-21(28-23-22(27-20)30-33-31-23)29-25-12-17-9-10-19(32-17)15-5-7-16(24)8-6-15/h3-12H,1-2H3,(H,26,27,30)(H,28,29,31)/b25-12+. The molecule has 0 unspecified atom stereocenters. The lowest BCUT2D eigenvalue weighted by Crippen LogP contribution is -2.04. The van der Waals surface area contributed by atoms with Gasteiger partial charge in [0.2, 0.25) is 11.3 Å². The molecule has 0 amide bonds. The minimum Gasteiger partial charge on any atom is -0.455 e. The number of hydrazone groups is 1. The third-order valence-electron chi connectivity index (χ3n) is 4.88. The van der Waals surface area contributed by atoms with E-state index in [0.29, 0.717) is 23.0 Å². The Morgan fingerprint density at radius 3 is 2.45 bits per heavy atom. The minimum absolute atomic E-state index is 0.273. The fraction of sp³-hybridized carbons (Fsp3) is 0.0870. The lowest BCUT2D eigenvalue weighted by molar-refractivity contribution is 0.314. The van der Waals surface area contributed by atoms with Gasteiger partial charge in [0.05, 0.1) is 6.21 Å². The summed E-state index contributed by atoms with van der Waals surface area (Å²) in [5.41, 5.74) is 7.53. The average molecular weight is 504 g/mol. The van der Waals surface area contributed by atoms with Crippen molar-refractivity contribution in [3.05, 3.63) is 76.0 Å². The second kappa shape index (κ2) is 8.83. The molecule has 0 aliphatic heterocycles. The van der Waals surface area contributed by atoms with Gasteiger partial charge in [0.1, 0.15) is 11.5 Å². The molecule has 3 aromatic heterocycles. The molecule has 0 spiro atoms. The SMILES string of the molecule is Cc1ccc(C)c(Nc2nc3nonc3nc2N/N=C/c2ccc(-c3ccc(Br)cc3)o2)c1. The zero-order valence-corrected chi connectivity index (χ0v) is 19.3. The monoisotopic (exact) mass is 503 g/mol. The third kappa shape index (κ3) is 4.60. The van der Waals surface area contributed by atoms with Crippen molar-refractivity contribution >= 4 is 50.8 Å². The number of furan rings is 1. The van der Waals surface area contributed by atoms with E-state index in [9.17, 15) is 0 Å². The predicted molar refractivity (Wildman–Crippen MR) is 130 cm³/mol. The topological polar surface area (TPSA) is 114 Å². The molecule has 10 heteroatoms. The van der Waals surface area contributed by atoms with Gasteiger partial charge in [0.15, 0.2) is 11.6 Å². The number of rotatable bonds is 6. The number of nitrogens with zero attached hydrogens (tertiary/aromatic N) is 5. The first-order valence-corrected chi connectivity index (χ1v) is 10.8. The molecule has 0 radical (unpaired) electrons. The molecule has 0 fully saturated rings. The largest absolute Gasteiger partial charge is 0.455 e. The number of hydrogen-bond acceptors (Lipinski definition) is 9. The van der Waals surface area contributed by atoms with Gasteiger partial charge in [-0.3, -0.25) is 5.43 Å². The molecule has 5 aromatic rings. The molecule has 2 N–H and O–H groups in total. The van der Waals surface area contributed by atoms with Crippen molar-refractivity contribution in [2.75, 3.05) is 10.7 Å².